The van der Waals surface area contributed by atoms with Crippen molar-refractivity contribution in [2.75, 3.05) is 7.11 Å². The quantitative estimate of drug-likeness (QED) is 0.470. The molecule has 2 heterocycles. The first-order chi connectivity index (χ1) is 13.9. The number of hydrogen-bond acceptors (Lipinski definition) is 4. The summed E-state index contributed by atoms with van der Waals surface area (Å²) in [5.74, 6) is 4.54. The fourth-order valence-electron chi connectivity index (χ4n) is 3.20. The van der Waals surface area contributed by atoms with Crippen LogP contribution in [0, 0.1) is 17.7 Å². The van der Waals surface area contributed by atoms with Gasteiger partial charge in [-0.3, -0.25) is 10.1 Å². The zero-order valence-electron chi connectivity index (χ0n) is 15.3. The molecule has 1 atom stereocenters. The van der Waals surface area contributed by atoms with Gasteiger partial charge in [0.1, 0.15) is 11.6 Å². The van der Waals surface area contributed by atoms with Crippen molar-refractivity contribution in [3.05, 3.63) is 60.0 Å². The maximum atomic E-state index is 13.9. The lowest BCUT2D eigenvalue weighted by molar-refractivity contribution is -0.122. The molecule has 0 bridgehead atoms. The number of imide groups is 1. The van der Waals surface area contributed by atoms with Crippen LogP contribution in [0.1, 0.15) is 5.56 Å². The molecule has 0 unspecified atom stereocenters. The van der Waals surface area contributed by atoms with Crippen LogP contribution in [0.5, 0.6) is 11.6 Å². The number of aromatic nitrogens is 1. The summed E-state index contributed by atoms with van der Waals surface area (Å²) in [5.41, 5.74) is -1.58. The Morgan fingerprint density at radius 1 is 1.24 bits per heavy atom. The molecular weight excluding hydrogens is 377 g/mol. The second-order valence-electron chi connectivity index (χ2n) is 6.58. The van der Waals surface area contributed by atoms with Crippen molar-refractivity contribution < 1.29 is 23.8 Å². The zero-order chi connectivity index (χ0) is 20.6. The van der Waals surface area contributed by atoms with Crippen LogP contribution in [0.2, 0.25) is 0 Å². The molecule has 1 saturated heterocycles. The standard InChI is InChI=1S/C21H16FN3O4/c1-29-15-7-6-14-11-25(18(26)16(14)10-15)12-21(19(27)23-20(28)24-21)9-8-13-4-2-3-5-17(13)22/h2-7,10-11,26H,12H2,1H3,(H2,23,24,27,28)/t21-/m1/s1. The Morgan fingerprint density at radius 3 is 2.72 bits per heavy atom. The van der Waals surface area contributed by atoms with E-state index in [2.05, 4.69) is 22.5 Å². The van der Waals surface area contributed by atoms with Gasteiger partial charge in [-0.15, -0.1) is 0 Å². The number of nitrogens with one attached hydrogen (secondary N) is 2. The van der Waals surface area contributed by atoms with Gasteiger partial charge in [0, 0.05) is 17.0 Å². The number of benzene rings is 2. The number of fused-ring (bicyclic) bond motifs is 1. The fourth-order valence-corrected chi connectivity index (χ4v) is 3.20. The summed E-state index contributed by atoms with van der Waals surface area (Å²) in [6, 6.07) is 10.3. The molecule has 146 valence electrons. The molecular formula is C21H16FN3O4. The average molecular weight is 393 g/mol. The maximum absolute atomic E-state index is 13.9. The average Bonchev–Trinajstić information content (AvgIpc) is 3.16. The SMILES string of the molecule is COc1ccc2cn(C[C@@]3(C#Cc4ccccc4F)NC(=O)NC3=O)c(O)c2c1. The molecule has 0 aliphatic carbocycles. The molecule has 3 aromatic rings. The summed E-state index contributed by atoms with van der Waals surface area (Å²) < 4.78 is 20.5. The minimum atomic E-state index is -1.67. The predicted octanol–water partition coefficient (Wildman–Crippen LogP) is 2.12. The molecule has 3 N–H and O–H groups in total. The molecule has 1 aliphatic heterocycles. The molecule has 29 heavy (non-hydrogen) atoms. The Kier molecular flexibility index (Phi) is 4.35. The second-order valence-corrected chi connectivity index (χ2v) is 6.58. The Balaban J connectivity index is 1.77. The summed E-state index contributed by atoms with van der Waals surface area (Å²) in [6.45, 7) is -0.172. The summed E-state index contributed by atoms with van der Waals surface area (Å²) in [6.07, 6.45) is 1.63. The second kappa shape index (κ2) is 6.87. The number of halogens is 1. The number of carbonyl (C=O) groups excluding carboxylic acids is 2. The van der Waals surface area contributed by atoms with Gasteiger partial charge in [-0.05, 0) is 30.3 Å². The lowest BCUT2D eigenvalue weighted by Gasteiger charge is -2.20. The van der Waals surface area contributed by atoms with Crippen molar-refractivity contribution in [3.63, 3.8) is 0 Å². The lowest BCUT2D eigenvalue weighted by atomic mass is 9.99. The molecule has 1 fully saturated rings. The number of aromatic hydroxyl groups is 1. The normalized spacial score (nSPS) is 18.1. The van der Waals surface area contributed by atoms with Crippen molar-refractivity contribution in [2.24, 2.45) is 0 Å². The minimum absolute atomic E-state index is 0.0902. The number of nitrogens with zero attached hydrogens (tertiary/aromatic N) is 1. The zero-order valence-corrected chi connectivity index (χ0v) is 15.3. The van der Waals surface area contributed by atoms with Crippen LogP contribution >= 0.6 is 0 Å². The molecule has 8 heteroatoms. The summed E-state index contributed by atoms with van der Waals surface area (Å²) in [4.78, 5) is 24.3. The summed E-state index contributed by atoms with van der Waals surface area (Å²) in [7, 11) is 1.51. The molecule has 0 saturated carbocycles. The third-order valence-corrected chi connectivity index (χ3v) is 4.70. The topological polar surface area (TPSA) is 92.6 Å². The number of urea groups is 1. The van der Waals surface area contributed by atoms with Crippen molar-refractivity contribution in [1.29, 1.82) is 0 Å². The van der Waals surface area contributed by atoms with Gasteiger partial charge in [0.2, 0.25) is 5.54 Å². The first-order valence-electron chi connectivity index (χ1n) is 8.69. The van der Waals surface area contributed by atoms with E-state index in [-0.39, 0.29) is 18.0 Å². The van der Waals surface area contributed by atoms with Crippen LogP contribution in [0.25, 0.3) is 10.8 Å². The third-order valence-electron chi connectivity index (χ3n) is 4.70. The number of carbonyl (C=O) groups is 2. The summed E-state index contributed by atoms with van der Waals surface area (Å²) in [5, 5.41) is 16.5. The van der Waals surface area contributed by atoms with Crippen LogP contribution in [0.3, 0.4) is 0 Å². The Bertz CT molecular complexity index is 1210. The maximum Gasteiger partial charge on any atom is 0.323 e. The van der Waals surface area contributed by atoms with Gasteiger partial charge in [0.05, 0.1) is 19.2 Å². The lowest BCUT2D eigenvalue weighted by Crippen LogP contribution is -2.49. The number of methoxy groups -OCH3 is 1. The Morgan fingerprint density at radius 2 is 2.03 bits per heavy atom. The predicted molar refractivity (Wildman–Crippen MR) is 103 cm³/mol. The largest absolute Gasteiger partial charge is 0.497 e. The number of ether oxygens (including phenoxy) is 1. The highest BCUT2D eigenvalue weighted by atomic mass is 19.1. The van der Waals surface area contributed by atoms with Crippen LogP contribution in [0.4, 0.5) is 9.18 Å². The monoisotopic (exact) mass is 393 g/mol. The molecule has 0 spiro atoms. The van der Waals surface area contributed by atoms with Gasteiger partial charge in [0.25, 0.3) is 5.91 Å². The van der Waals surface area contributed by atoms with Crippen molar-refractivity contribution in [3.8, 4) is 23.5 Å². The highest BCUT2D eigenvalue weighted by molar-refractivity contribution is 6.09. The van der Waals surface area contributed by atoms with Crippen LogP contribution in [-0.4, -0.2) is 34.3 Å². The number of hydrogen-bond donors (Lipinski definition) is 3. The molecule has 3 amide bonds. The Labute approximate surface area is 165 Å². The molecule has 7 nitrogen and oxygen atoms in total. The number of amides is 3. The minimum Gasteiger partial charge on any atom is -0.497 e. The summed E-state index contributed by atoms with van der Waals surface area (Å²) >= 11 is 0. The number of rotatable bonds is 3. The van der Waals surface area contributed by atoms with Crippen molar-refractivity contribution >= 4 is 22.7 Å². The van der Waals surface area contributed by atoms with Crippen LogP contribution in [0.15, 0.2) is 48.7 Å². The smallest absolute Gasteiger partial charge is 0.323 e. The van der Waals surface area contributed by atoms with E-state index in [1.54, 1.807) is 30.5 Å². The van der Waals surface area contributed by atoms with Gasteiger partial charge < -0.3 is 19.7 Å². The van der Waals surface area contributed by atoms with Gasteiger partial charge in [0.15, 0.2) is 5.88 Å². The molecule has 1 aromatic heterocycles. The van der Waals surface area contributed by atoms with E-state index >= 15 is 0 Å². The van der Waals surface area contributed by atoms with E-state index in [1.807, 2.05) is 0 Å². The molecule has 4 rings (SSSR count). The van der Waals surface area contributed by atoms with Crippen LogP contribution < -0.4 is 15.4 Å². The molecule has 0 radical (unpaired) electrons. The van der Waals surface area contributed by atoms with Gasteiger partial charge in [-0.1, -0.05) is 24.0 Å². The van der Waals surface area contributed by atoms with E-state index in [1.165, 1.54) is 29.9 Å². The van der Waals surface area contributed by atoms with Crippen LogP contribution in [-0.2, 0) is 11.3 Å². The third kappa shape index (κ3) is 3.23. The Hall–Kier alpha value is -3.99. The van der Waals surface area contributed by atoms with E-state index < -0.39 is 23.3 Å². The first-order valence-corrected chi connectivity index (χ1v) is 8.69. The first kappa shape index (κ1) is 18.4. The molecule has 2 aromatic carbocycles. The fraction of sp³-hybridized carbons (Fsp3) is 0.143. The van der Waals surface area contributed by atoms with Gasteiger partial charge in [-0.25, -0.2) is 9.18 Å². The highest BCUT2D eigenvalue weighted by Gasteiger charge is 2.46. The highest BCUT2D eigenvalue weighted by Crippen LogP contribution is 2.32. The van der Waals surface area contributed by atoms with E-state index in [0.29, 0.717) is 16.5 Å². The van der Waals surface area contributed by atoms with Crippen molar-refractivity contribution in [2.45, 2.75) is 12.1 Å². The van der Waals surface area contributed by atoms with E-state index in [9.17, 15) is 19.1 Å². The van der Waals surface area contributed by atoms with E-state index in [4.69, 9.17) is 4.74 Å². The van der Waals surface area contributed by atoms with E-state index in [0.717, 1.165) is 0 Å². The molecule has 1 aliphatic rings. The van der Waals surface area contributed by atoms with Gasteiger partial charge >= 0.3 is 6.03 Å². The van der Waals surface area contributed by atoms with Gasteiger partial charge in [-0.2, -0.15) is 0 Å². The van der Waals surface area contributed by atoms with Crippen molar-refractivity contribution in [1.82, 2.24) is 15.2 Å².